The van der Waals surface area contributed by atoms with Crippen LogP contribution in [-0.4, -0.2) is 72.7 Å². The molecular weight excluding hydrogens is 592 g/mol. The number of hydrogen-bond acceptors (Lipinski definition) is 6. The van der Waals surface area contributed by atoms with Crippen LogP contribution in [0.4, 0.5) is 10.1 Å². The number of nitrogens with zero attached hydrogens (tertiary/aromatic N) is 2. The second-order valence-electron chi connectivity index (χ2n) is 13.7. The molecule has 11 heteroatoms. The lowest BCUT2D eigenvalue weighted by Crippen LogP contribution is -2.60. The fourth-order valence-corrected chi connectivity index (χ4v) is 8.43. The van der Waals surface area contributed by atoms with Gasteiger partial charge in [-0.25, -0.2) is 9.37 Å². The molecule has 4 aliphatic rings. The molecule has 2 amide bonds. The molecule has 1 aliphatic carbocycles. The Labute approximate surface area is 262 Å². The molecule has 0 bridgehead atoms. The summed E-state index contributed by atoms with van der Waals surface area (Å²) in [4.78, 5) is 32.3. The van der Waals surface area contributed by atoms with E-state index in [1.54, 1.807) is 20.2 Å². The number of carbonyl (C=O) groups excluding carboxylic acids is 2. The second-order valence-corrected chi connectivity index (χ2v) is 14.5. The molecular formula is C32H40Cl2FN5O3. The van der Waals surface area contributed by atoms with Crippen molar-refractivity contribution >= 4 is 40.7 Å². The molecule has 6 rings (SSSR count). The van der Waals surface area contributed by atoms with Crippen LogP contribution in [0.2, 0.25) is 10.2 Å². The normalized spacial score (nSPS) is 30.6. The summed E-state index contributed by atoms with van der Waals surface area (Å²) in [5.41, 5.74) is 1.31. The van der Waals surface area contributed by atoms with Crippen molar-refractivity contribution < 1.29 is 18.7 Å². The van der Waals surface area contributed by atoms with Crippen LogP contribution in [0.1, 0.15) is 69.4 Å². The quantitative estimate of drug-likeness (QED) is 0.409. The summed E-state index contributed by atoms with van der Waals surface area (Å²) in [6.45, 7) is 5.31. The Bertz CT molecular complexity index is 1420. The van der Waals surface area contributed by atoms with E-state index in [4.69, 9.17) is 27.9 Å². The zero-order valence-corrected chi connectivity index (χ0v) is 26.6. The summed E-state index contributed by atoms with van der Waals surface area (Å²) in [6.07, 6.45) is 5.69. The van der Waals surface area contributed by atoms with Crippen molar-refractivity contribution in [1.29, 1.82) is 0 Å². The lowest BCUT2D eigenvalue weighted by atomic mass is 9.53. The van der Waals surface area contributed by atoms with Gasteiger partial charge in [-0.1, -0.05) is 43.1 Å². The van der Waals surface area contributed by atoms with Gasteiger partial charge in [0.05, 0.1) is 18.7 Å². The van der Waals surface area contributed by atoms with Crippen molar-refractivity contribution in [1.82, 2.24) is 20.5 Å². The molecule has 0 unspecified atom stereocenters. The SMILES string of the molecule is CN(C)C(=O)[C@@H]1CC[C@@H](NC(=O)[C@@H]2NC3(CCC(C)(C)CC3)[C@@]3(CNc4cc(Cl)ccc43)[C@H]2c2ccnc(Cl)c2F)CO1. The smallest absolute Gasteiger partial charge is 0.251 e. The minimum absolute atomic E-state index is 0.0797. The number of amides is 2. The molecule has 4 heterocycles. The summed E-state index contributed by atoms with van der Waals surface area (Å²) in [5.74, 6) is -1.48. The molecule has 1 aromatic carbocycles. The molecule has 5 atom stereocenters. The molecule has 43 heavy (non-hydrogen) atoms. The van der Waals surface area contributed by atoms with Crippen molar-refractivity contribution in [2.24, 2.45) is 5.41 Å². The minimum atomic E-state index is -0.751. The number of nitrogens with one attached hydrogen (secondary N) is 3. The van der Waals surface area contributed by atoms with Crippen LogP contribution in [-0.2, 0) is 19.7 Å². The van der Waals surface area contributed by atoms with E-state index in [2.05, 4.69) is 34.8 Å². The van der Waals surface area contributed by atoms with Crippen molar-refractivity contribution in [2.45, 2.75) is 87.4 Å². The van der Waals surface area contributed by atoms with Gasteiger partial charge in [-0.3, -0.25) is 14.9 Å². The zero-order valence-electron chi connectivity index (χ0n) is 25.1. The van der Waals surface area contributed by atoms with E-state index < -0.39 is 34.8 Å². The molecule has 3 aliphatic heterocycles. The van der Waals surface area contributed by atoms with Crippen LogP contribution >= 0.6 is 23.2 Å². The number of ether oxygens (including phenoxy) is 1. The first kappa shape index (κ1) is 30.6. The average molecular weight is 633 g/mol. The number of benzene rings is 1. The Morgan fingerprint density at radius 2 is 1.86 bits per heavy atom. The number of rotatable bonds is 4. The lowest BCUT2D eigenvalue weighted by molar-refractivity contribution is -0.145. The molecule has 2 aromatic rings. The van der Waals surface area contributed by atoms with Crippen LogP contribution in [0, 0.1) is 11.2 Å². The van der Waals surface area contributed by atoms with Gasteiger partial charge in [0.15, 0.2) is 11.0 Å². The molecule has 8 nitrogen and oxygen atoms in total. The van der Waals surface area contributed by atoms with Gasteiger partial charge >= 0.3 is 0 Å². The molecule has 2 spiro atoms. The second kappa shape index (κ2) is 11.2. The predicted octanol–water partition coefficient (Wildman–Crippen LogP) is 5.04. The standard InChI is InChI=1S/C32H40Cl2FN5O3/c1-30(2)10-12-31(13-11-30)32(17-37-22-15-18(33)5-7-21(22)32)24(20-9-14-36-27(34)25(20)35)26(39-31)28(41)38-19-6-8-23(43-16-19)29(42)40(3)4/h5,7,9,14-15,19,23-24,26,37,39H,6,8,10-13,16-17H2,1-4H3,(H,38,41)/t19-,23+,24+,26-,32-/m1/s1. The van der Waals surface area contributed by atoms with Crippen LogP contribution in [0.5, 0.6) is 0 Å². The average Bonchev–Trinajstić information content (AvgIpc) is 3.48. The maximum atomic E-state index is 16.0. The molecule has 3 N–H and O–H groups in total. The van der Waals surface area contributed by atoms with Crippen molar-refractivity contribution in [3.8, 4) is 0 Å². The highest BCUT2D eigenvalue weighted by molar-refractivity contribution is 6.31. The third kappa shape index (κ3) is 5.10. The van der Waals surface area contributed by atoms with Gasteiger partial charge in [-0.05, 0) is 73.3 Å². The van der Waals surface area contributed by atoms with E-state index in [0.29, 0.717) is 30.0 Å². The number of aromatic nitrogens is 1. The van der Waals surface area contributed by atoms with E-state index >= 15 is 4.39 Å². The van der Waals surface area contributed by atoms with Crippen LogP contribution < -0.4 is 16.0 Å². The van der Waals surface area contributed by atoms with E-state index in [1.807, 2.05) is 18.2 Å². The fraction of sp³-hybridized carbons (Fsp3) is 0.594. The number of anilines is 1. The van der Waals surface area contributed by atoms with E-state index in [0.717, 1.165) is 36.9 Å². The topological polar surface area (TPSA) is 95.6 Å². The number of likely N-dealkylation sites (N-methyl/N-ethyl adjacent to an activating group) is 1. The summed E-state index contributed by atoms with van der Waals surface area (Å²) < 4.78 is 21.9. The Hall–Kier alpha value is -2.46. The Balaban J connectivity index is 1.41. The molecule has 0 radical (unpaired) electrons. The third-order valence-electron chi connectivity index (χ3n) is 10.5. The summed E-state index contributed by atoms with van der Waals surface area (Å²) >= 11 is 12.7. The number of hydrogen-bond donors (Lipinski definition) is 3. The van der Waals surface area contributed by atoms with E-state index in [9.17, 15) is 9.59 Å². The van der Waals surface area contributed by atoms with Crippen molar-refractivity contribution in [3.05, 3.63) is 57.6 Å². The van der Waals surface area contributed by atoms with Crippen LogP contribution in [0.3, 0.4) is 0 Å². The molecule has 232 valence electrons. The first-order valence-corrected chi connectivity index (χ1v) is 15.9. The predicted molar refractivity (Wildman–Crippen MR) is 165 cm³/mol. The Morgan fingerprint density at radius 3 is 2.53 bits per heavy atom. The highest BCUT2D eigenvalue weighted by atomic mass is 35.5. The van der Waals surface area contributed by atoms with Gasteiger partial charge in [0.1, 0.15) is 6.10 Å². The first-order valence-electron chi connectivity index (χ1n) is 15.1. The number of halogens is 3. The number of pyridine rings is 1. The van der Waals surface area contributed by atoms with Crippen LogP contribution in [0.25, 0.3) is 0 Å². The summed E-state index contributed by atoms with van der Waals surface area (Å²) in [7, 11) is 3.41. The minimum Gasteiger partial charge on any atom is -0.384 e. The maximum absolute atomic E-state index is 16.0. The summed E-state index contributed by atoms with van der Waals surface area (Å²) in [6, 6.07) is 6.47. The van der Waals surface area contributed by atoms with Crippen LogP contribution in [0.15, 0.2) is 30.5 Å². The third-order valence-corrected chi connectivity index (χ3v) is 11.0. The highest BCUT2D eigenvalue weighted by Crippen LogP contribution is 2.63. The Kier molecular flexibility index (Phi) is 7.93. The largest absolute Gasteiger partial charge is 0.384 e. The van der Waals surface area contributed by atoms with Gasteiger partial charge in [0.25, 0.3) is 5.91 Å². The number of carbonyl (C=O) groups is 2. The van der Waals surface area contributed by atoms with E-state index in [1.165, 1.54) is 11.1 Å². The molecule has 3 fully saturated rings. The van der Waals surface area contributed by atoms with Gasteiger partial charge in [0.2, 0.25) is 5.91 Å². The van der Waals surface area contributed by atoms with Gasteiger partial charge in [-0.2, -0.15) is 0 Å². The monoisotopic (exact) mass is 631 g/mol. The zero-order chi connectivity index (χ0) is 30.7. The fourth-order valence-electron chi connectivity index (χ4n) is 8.10. The van der Waals surface area contributed by atoms with E-state index in [-0.39, 0.29) is 35.0 Å². The molecule has 2 saturated heterocycles. The first-order chi connectivity index (χ1) is 20.4. The van der Waals surface area contributed by atoms with Gasteiger partial charge in [0, 0.05) is 54.4 Å². The summed E-state index contributed by atoms with van der Waals surface area (Å²) in [5, 5.41) is 11.0. The van der Waals surface area contributed by atoms with Crippen molar-refractivity contribution in [2.75, 3.05) is 32.6 Å². The maximum Gasteiger partial charge on any atom is 0.251 e. The molecule has 1 aromatic heterocycles. The molecule has 1 saturated carbocycles. The van der Waals surface area contributed by atoms with Gasteiger partial charge in [-0.15, -0.1) is 0 Å². The number of fused-ring (bicyclic) bond motifs is 3. The van der Waals surface area contributed by atoms with Crippen molar-refractivity contribution in [3.63, 3.8) is 0 Å². The van der Waals surface area contributed by atoms with Gasteiger partial charge < -0.3 is 20.3 Å². The Morgan fingerprint density at radius 1 is 1.12 bits per heavy atom. The lowest BCUT2D eigenvalue weighted by Gasteiger charge is -2.51. The highest BCUT2D eigenvalue weighted by Gasteiger charge is 2.69.